The van der Waals surface area contributed by atoms with Gasteiger partial charge in [-0.25, -0.2) is 0 Å². The van der Waals surface area contributed by atoms with E-state index in [0.717, 1.165) is 55.0 Å². The Hall–Kier alpha value is -3.63. The largest absolute Gasteiger partial charge is 0.496 e. The van der Waals surface area contributed by atoms with E-state index in [-0.39, 0.29) is 17.9 Å². The van der Waals surface area contributed by atoms with Gasteiger partial charge in [-0.1, -0.05) is 36.4 Å². The van der Waals surface area contributed by atoms with Crippen molar-refractivity contribution in [2.45, 2.75) is 44.5 Å². The molecule has 2 N–H and O–H groups in total. The van der Waals surface area contributed by atoms with Crippen LogP contribution in [0.25, 0.3) is 0 Å². The normalized spacial score (nSPS) is 16.3. The zero-order valence-electron chi connectivity index (χ0n) is 26.1. The monoisotopic (exact) mass is 606 g/mol. The van der Waals surface area contributed by atoms with Crippen LogP contribution < -0.4 is 24.8 Å². The van der Waals surface area contributed by atoms with Crippen LogP contribution in [0, 0.1) is 0 Å². The van der Waals surface area contributed by atoms with Crippen LogP contribution in [-0.2, 0) is 27.4 Å². The van der Waals surface area contributed by atoms with Gasteiger partial charge in [0, 0.05) is 51.6 Å². The van der Waals surface area contributed by atoms with Gasteiger partial charge < -0.3 is 39.1 Å². The Kier molecular flexibility index (Phi) is 13.8. The van der Waals surface area contributed by atoms with Crippen LogP contribution in [0.2, 0.25) is 0 Å². The first kappa shape index (κ1) is 33.3. The third-order valence-electron chi connectivity index (χ3n) is 7.62. The molecule has 9 nitrogen and oxygen atoms in total. The highest BCUT2D eigenvalue weighted by molar-refractivity contribution is 5.96. The summed E-state index contributed by atoms with van der Waals surface area (Å²) in [5.41, 5.74) is 3.74. The Morgan fingerprint density at radius 1 is 0.886 bits per heavy atom. The molecule has 3 aromatic carbocycles. The van der Waals surface area contributed by atoms with Crippen molar-refractivity contribution >= 4 is 5.91 Å². The van der Waals surface area contributed by atoms with Gasteiger partial charge in [-0.3, -0.25) is 4.79 Å². The molecule has 1 aliphatic rings. The summed E-state index contributed by atoms with van der Waals surface area (Å²) in [6.45, 7) is 4.92. The first-order chi connectivity index (χ1) is 21.6. The Morgan fingerprint density at radius 3 is 2.48 bits per heavy atom. The lowest BCUT2D eigenvalue weighted by atomic mass is 9.87. The Morgan fingerprint density at radius 2 is 1.68 bits per heavy atom. The minimum atomic E-state index is -0.180. The van der Waals surface area contributed by atoms with E-state index in [4.69, 9.17) is 28.4 Å². The predicted molar refractivity (Wildman–Crippen MR) is 170 cm³/mol. The van der Waals surface area contributed by atoms with Gasteiger partial charge in [-0.2, -0.15) is 0 Å². The van der Waals surface area contributed by atoms with Crippen molar-refractivity contribution in [3.63, 3.8) is 0 Å². The Labute approximate surface area is 261 Å². The Bertz CT molecular complexity index is 1280. The molecule has 0 spiro atoms. The van der Waals surface area contributed by atoms with Crippen molar-refractivity contribution in [2.75, 3.05) is 60.8 Å². The molecule has 1 heterocycles. The van der Waals surface area contributed by atoms with Gasteiger partial charge in [-0.15, -0.1) is 0 Å². The summed E-state index contributed by atoms with van der Waals surface area (Å²) >= 11 is 0. The van der Waals surface area contributed by atoms with Crippen LogP contribution in [0.3, 0.4) is 0 Å². The SMILES string of the molecule is CNC(=O)c1ccc(CO[C@H]2CNCC[C@@H]2c2ccc(OCCCOCc3ccccc3OC)cc2)cc1OCCCOC. The number of carbonyl (C=O) groups is 1. The number of ether oxygens (including phenoxy) is 6. The number of benzene rings is 3. The molecule has 1 aliphatic heterocycles. The minimum absolute atomic E-state index is 0.0144. The lowest BCUT2D eigenvalue weighted by Gasteiger charge is -2.32. The molecule has 238 valence electrons. The quantitative estimate of drug-likeness (QED) is 0.193. The first-order valence-corrected chi connectivity index (χ1v) is 15.3. The third kappa shape index (κ3) is 9.95. The molecule has 0 bridgehead atoms. The van der Waals surface area contributed by atoms with Crippen LogP contribution in [0.4, 0.5) is 0 Å². The maximum Gasteiger partial charge on any atom is 0.254 e. The highest BCUT2D eigenvalue weighted by atomic mass is 16.5. The van der Waals surface area contributed by atoms with Crippen molar-refractivity contribution in [1.82, 2.24) is 10.6 Å². The molecule has 2 atom stereocenters. The van der Waals surface area contributed by atoms with Crippen LogP contribution >= 0.6 is 0 Å². The van der Waals surface area contributed by atoms with Crippen molar-refractivity contribution in [3.8, 4) is 17.2 Å². The van der Waals surface area contributed by atoms with E-state index < -0.39 is 0 Å². The standard InChI is InChI=1S/C35H46N2O7/c1-36-35(38)31-15-10-26(22-33(31)43-21-6-18-39-2)24-44-34-23-37-17-16-30(34)27-11-13-29(14-12-27)42-20-7-19-41-25-28-8-4-5-9-32(28)40-3/h4-5,8-15,22,30,34,37H,6-7,16-21,23-25H2,1-3H3,(H,36,38)/t30-,34+/m1/s1. The number of hydrogen-bond acceptors (Lipinski definition) is 8. The summed E-state index contributed by atoms with van der Waals surface area (Å²) in [7, 11) is 4.95. The molecule has 0 radical (unpaired) electrons. The lowest BCUT2D eigenvalue weighted by molar-refractivity contribution is 0.0105. The number of rotatable bonds is 18. The van der Waals surface area contributed by atoms with Gasteiger partial charge in [0.1, 0.15) is 17.2 Å². The van der Waals surface area contributed by atoms with Crippen LogP contribution in [0.5, 0.6) is 17.2 Å². The molecule has 1 amide bonds. The summed E-state index contributed by atoms with van der Waals surface area (Å²) in [5.74, 6) is 2.33. The molecule has 4 rings (SSSR count). The maximum absolute atomic E-state index is 12.4. The fraction of sp³-hybridized carbons (Fsp3) is 0.457. The van der Waals surface area contributed by atoms with E-state index >= 15 is 0 Å². The summed E-state index contributed by atoms with van der Waals surface area (Å²) in [4.78, 5) is 12.4. The van der Waals surface area contributed by atoms with Gasteiger partial charge in [0.2, 0.25) is 0 Å². The molecule has 3 aromatic rings. The summed E-state index contributed by atoms with van der Waals surface area (Å²) < 4.78 is 34.7. The van der Waals surface area contributed by atoms with Crippen molar-refractivity contribution in [3.05, 3.63) is 89.0 Å². The number of methoxy groups -OCH3 is 2. The highest BCUT2D eigenvalue weighted by Gasteiger charge is 2.27. The van der Waals surface area contributed by atoms with Crippen molar-refractivity contribution < 1.29 is 33.2 Å². The average Bonchev–Trinajstić information content (AvgIpc) is 3.07. The zero-order chi connectivity index (χ0) is 31.0. The molecule has 0 aromatic heterocycles. The van der Waals surface area contributed by atoms with Crippen LogP contribution in [-0.4, -0.2) is 72.8 Å². The molecule has 0 unspecified atom stereocenters. The van der Waals surface area contributed by atoms with E-state index in [1.165, 1.54) is 5.56 Å². The summed E-state index contributed by atoms with van der Waals surface area (Å²) in [6, 6.07) is 21.9. The van der Waals surface area contributed by atoms with Gasteiger partial charge >= 0.3 is 0 Å². The molecule has 1 saturated heterocycles. The molecule has 1 fully saturated rings. The van der Waals surface area contributed by atoms with Gasteiger partial charge in [0.05, 0.1) is 51.8 Å². The van der Waals surface area contributed by atoms with E-state index in [1.807, 2.05) is 48.5 Å². The van der Waals surface area contributed by atoms with Gasteiger partial charge in [0.15, 0.2) is 0 Å². The second-order valence-electron chi connectivity index (χ2n) is 10.7. The van der Waals surface area contributed by atoms with E-state index in [0.29, 0.717) is 51.0 Å². The van der Waals surface area contributed by atoms with Gasteiger partial charge in [-0.05, 0) is 54.4 Å². The van der Waals surface area contributed by atoms with Crippen molar-refractivity contribution in [1.29, 1.82) is 0 Å². The lowest BCUT2D eigenvalue weighted by Crippen LogP contribution is -2.40. The molecular formula is C35H46N2O7. The smallest absolute Gasteiger partial charge is 0.254 e. The summed E-state index contributed by atoms with van der Waals surface area (Å²) in [5, 5.41) is 6.15. The van der Waals surface area contributed by atoms with Crippen molar-refractivity contribution in [2.24, 2.45) is 0 Å². The molecular weight excluding hydrogens is 560 g/mol. The number of amides is 1. The molecule has 9 heteroatoms. The molecule has 0 aliphatic carbocycles. The summed E-state index contributed by atoms with van der Waals surface area (Å²) in [6.07, 6.45) is 2.53. The average molecular weight is 607 g/mol. The van der Waals surface area contributed by atoms with Crippen LogP contribution in [0.1, 0.15) is 52.2 Å². The first-order valence-electron chi connectivity index (χ1n) is 15.3. The fourth-order valence-corrected chi connectivity index (χ4v) is 5.24. The second-order valence-corrected chi connectivity index (χ2v) is 10.7. The number of para-hydroxylation sites is 1. The molecule has 44 heavy (non-hydrogen) atoms. The molecule has 0 saturated carbocycles. The Balaban J connectivity index is 1.26. The van der Waals surface area contributed by atoms with E-state index in [2.05, 4.69) is 22.8 Å². The third-order valence-corrected chi connectivity index (χ3v) is 7.62. The van der Waals surface area contributed by atoms with E-state index in [9.17, 15) is 4.79 Å². The maximum atomic E-state index is 12.4. The second kappa shape index (κ2) is 18.2. The topological polar surface area (TPSA) is 96.5 Å². The van der Waals surface area contributed by atoms with Crippen LogP contribution in [0.15, 0.2) is 66.7 Å². The number of hydrogen-bond donors (Lipinski definition) is 2. The number of piperidine rings is 1. The number of nitrogens with one attached hydrogen (secondary N) is 2. The zero-order valence-corrected chi connectivity index (χ0v) is 26.1. The van der Waals surface area contributed by atoms with Gasteiger partial charge in [0.25, 0.3) is 5.91 Å². The van der Waals surface area contributed by atoms with E-state index in [1.54, 1.807) is 27.3 Å². The fourth-order valence-electron chi connectivity index (χ4n) is 5.24. The highest BCUT2D eigenvalue weighted by Crippen LogP contribution is 2.30. The predicted octanol–water partition coefficient (Wildman–Crippen LogP) is 5.12. The number of carbonyl (C=O) groups excluding carboxylic acids is 1. The minimum Gasteiger partial charge on any atom is -0.496 e.